The maximum atomic E-state index is 12.8. The van der Waals surface area contributed by atoms with Crippen LogP contribution < -0.4 is 10.8 Å². The van der Waals surface area contributed by atoms with Crippen molar-refractivity contribution in [3.8, 4) is 0 Å². The number of nitrogens with zero attached hydrogens (tertiary/aromatic N) is 2. The minimum absolute atomic E-state index is 0.0458. The lowest BCUT2D eigenvalue weighted by molar-refractivity contribution is -0.128. The number of rotatable bonds is 10. The van der Waals surface area contributed by atoms with Crippen molar-refractivity contribution in [1.82, 2.24) is 15.1 Å². The molecule has 2 amide bonds. The summed E-state index contributed by atoms with van der Waals surface area (Å²) in [4.78, 5) is 28.9. The second kappa shape index (κ2) is 12.1. The molecule has 164 valence electrons. The van der Waals surface area contributed by atoms with Crippen LogP contribution in [-0.2, 0) is 19.6 Å². The van der Waals surface area contributed by atoms with E-state index in [2.05, 4.69) is 10.3 Å². The number of unbranched alkanes of at least 4 members (excludes halogenated alkanes) is 1. The molecule has 0 aliphatic rings. The van der Waals surface area contributed by atoms with Crippen LogP contribution in [0.3, 0.4) is 0 Å². The highest BCUT2D eigenvalue weighted by Gasteiger charge is 2.32. The number of hydrogen-bond donors (Lipinski definition) is 3. The number of carbonyl (C=O) groups excluding carboxylic acids is 2. The third-order valence-corrected chi connectivity index (χ3v) is 5.08. The van der Waals surface area contributed by atoms with Gasteiger partial charge in [0.05, 0.1) is 12.1 Å². The molecule has 0 fully saturated rings. The Hall–Kier alpha value is -1.53. The van der Waals surface area contributed by atoms with Crippen LogP contribution in [0.2, 0.25) is 0 Å². The van der Waals surface area contributed by atoms with Gasteiger partial charge in [-0.2, -0.15) is 0 Å². The van der Waals surface area contributed by atoms with E-state index in [1.807, 2.05) is 5.48 Å². The highest BCUT2D eigenvalue weighted by Crippen LogP contribution is 2.13. The normalized spacial score (nSPS) is 13.6. The van der Waals surface area contributed by atoms with Crippen molar-refractivity contribution in [3.63, 3.8) is 0 Å². The summed E-state index contributed by atoms with van der Waals surface area (Å²) in [5.41, 5.74) is 1.17. The maximum absolute atomic E-state index is 12.8. The van der Waals surface area contributed by atoms with E-state index in [1.54, 1.807) is 34.0 Å². The number of thioether (sulfide) groups is 1. The number of amides is 2. The predicted molar refractivity (Wildman–Crippen MR) is 110 cm³/mol. The molecule has 28 heavy (non-hydrogen) atoms. The van der Waals surface area contributed by atoms with E-state index in [1.165, 1.54) is 11.8 Å². The summed E-state index contributed by atoms with van der Waals surface area (Å²) in [6.07, 6.45) is 3.15. The molecule has 0 spiro atoms. The van der Waals surface area contributed by atoms with Crippen LogP contribution in [0.1, 0.15) is 47.0 Å². The van der Waals surface area contributed by atoms with Crippen molar-refractivity contribution in [2.24, 2.45) is 4.99 Å². The highest BCUT2D eigenvalue weighted by atomic mass is 32.2. The molecule has 3 N–H and O–H groups in total. The van der Waals surface area contributed by atoms with Gasteiger partial charge in [0.15, 0.2) is 0 Å². The molecule has 0 radical (unpaired) electrons. The lowest BCUT2D eigenvalue weighted by Crippen LogP contribution is -2.51. The molecule has 1 atom stereocenters. The van der Waals surface area contributed by atoms with Crippen LogP contribution in [-0.4, -0.2) is 72.3 Å². The molecule has 0 aromatic rings. The van der Waals surface area contributed by atoms with Crippen LogP contribution in [0.4, 0.5) is 4.79 Å². The standard InChI is InChI=1S/C16H32N4O6S2/c1-12(19-23)17-10-8-7-9-13(18-15(22)26-16(2,3)4)14(21)20(11-27-5)28(6,24)25/h13,23H,7-11H2,1-6H3,(H,17,19)(H,18,22). The minimum atomic E-state index is -3.78. The minimum Gasteiger partial charge on any atom is -0.444 e. The largest absolute Gasteiger partial charge is 0.444 e. The number of ether oxygens (including phenoxy) is 1. The summed E-state index contributed by atoms with van der Waals surface area (Å²) in [7, 11) is -3.78. The van der Waals surface area contributed by atoms with E-state index in [-0.39, 0.29) is 12.3 Å². The predicted octanol–water partition coefficient (Wildman–Crippen LogP) is 1.56. The van der Waals surface area contributed by atoms with Crippen molar-refractivity contribution >= 4 is 39.6 Å². The Morgan fingerprint density at radius 3 is 2.36 bits per heavy atom. The van der Waals surface area contributed by atoms with Crippen molar-refractivity contribution < 1.29 is 28.0 Å². The fourth-order valence-electron chi connectivity index (χ4n) is 2.06. The molecular formula is C16H32N4O6S2. The molecule has 0 aromatic heterocycles. The fourth-order valence-corrected chi connectivity index (χ4v) is 3.96. The van der Waals surface area contributed by atoms with Gasteiger partial charge in [0, 0.05) is 6.54 Å². The van der Waals surface area contributed by atoms with Crippen LogP contribution >= 0.6 is 11.8 Å². The molecule has 12 heteroatoms. The van der Waals surface area contributed by atoms with Gasteiger partial charge in [-0.3, -0.25) is 20.5 Å². The van der Waals surface area contributed by atoms with E-state index in [9.17, 15) is 18.0 Å². The highest BCUT2D eigenvalue weighted by molar-refractivity contribution is 7.99. The second-order valence-corrected chi connectivity index (χ2v) is 9.88. The monoisotopic (exact) mass is 440 g/mol. The van der Waals surface area contributed by atoms with E-state index < -0.39 is 33.7 Å². The fraction of sp³-hybridized carbons (Fsp3) is 0.812. The zero-order valence-corrected chi connectivity index (χ0v) is 18.9. The van der Waals surface area contributed by atoms with Crippen molar-refractivity contribution in [2.75, 3.05) is 24.9 Å². The van der Waals surface area contributed by atoms with Gasteiger partial charge in [-0.05, 0) is 53.2 Å². The molecule has 0 aliphatic heterocycles. The molecule has 1 unspecified atom stereocenters. The van der Waals surface area contributed by atoms with Gasteiger partial charge >= 0.3 is 6.09 Å². The number of amidine groups is 1. The Bertz CT molecular complexity index is 646. The lowest BCUT2D eigenvalue weighted by Gasteiger charge is -2.27. The van der Waals surface area contributed by atoms with Crippen LogP contribution in [0.25, 0.3) is 0 Å². The number of carbonyl (C=O) groups is 2. The molecule has 10 nitrogen and oxygen atoms in total. The summed E-state index contributed by atoms with van der Waals surface area (Å²) >= 11 is 1.18. The SMILES string of the molecule is CSCN(C(=O)C(CCCCN=C(C)NO)NC(=O)OC(C)(C)C)S(C)(=O)=O. The van der Waals surface area contributed by atoms with Crippen LogP contribution in [0, 0.1) is 0 Å². The van der Waals surface area contributed by atoms with Crippen LogP contribution in [0.5, 0.6) is 0 Å². The Kier molecular flexibility index (Phi) is 11.5. The van der Waals surface area contributed by atoms with Gasteiger partial charge in [0.25, 0.3) is 5.91 Å². The molecule has 0 rings (SSSR count). The van der Waals surface area contributed by atoms with Crippen molar-refractivity contribution in [2.45, 2.75) is 58.6 Å². The first-order chi connectivity index (χ1) is 12.8. The summed E-state index contributed by atoms with van der Waals surface area (Å²) in [6, 6.07) is -1.04. The van der Waals surface area contributed by atoms with Gasteiger partial charge < -0.3 is 10.1 Å². The van der Waals surface area contributed by atoms with E-state index >= 15 is 0 Å². The zero-order valence-electron chi connectivity index (χ0n) is 17.3. The van der Waals surface area contributed by atoms with E-state index in [4.69, 9.17) is 9.94 Å². The smallest absolute Gasteiger partial charge is 0.408 e. The third kappa shape index (κ3) is 11.3. The van der Waals surface area contributed by atoms with Crippen LogP contribution in [0.15, 0.2) is 4.99 Å². The quantitative estimate of drug-likeness (QED) is 0.153. The molecule has 0 saturated carbocycles. The molecule has 0 heterocycles. The first-order valence-electron chi connectivity index (χ1n) is 8.73. The first kappa shape index (κ1) is 26.5. The Morgan fingerprint density at radius 1 is 1.29 bits per heavy atom. The average molecular weight is 441 g/mol. The number of hydroxylamine groups is 1. The zero-order chi connectivity index (χ0) is 22.0. The van der Waals surface area contributed by atoms with Crippen molar-refractivity contribution in [1.29, 1.82) is 0 Å². The first-order valence-corrected chi connectivity index (χ1v) is 12.0. The Morgan fingerprint density at radius 2 is 1.89 bits per heavy atom. The molecule has 0 saturated heterocycles. The summed E-state index contributed by atoms with van der Waals surface area (Å²) < 4.78 is 29.9. The second-order valence-electron chi connectivity index (χ2n) is 7.14. The molecule has 0 aliphatic carbocycles. The van der Waals surface area contributed by atoms with Gasteiger partial charge in [-0.15, -0.1) is 11.8 Å². The Balaban J connectivity index is 5.20. The van der Waals surface area contributed by atoms with Gasteiger partial charge in [0.1, 0.15) is 17.5 Å². The number of alkyl carbamates (subject to hydrolysis) is 1. The summed E-state index contributed by atoms with van der Waals surface area (Å²) in [6.45, 7) is 7.08. The van der Waals surface area contributed by atoms with Gasteiger partial charge in [-0.1, -0.05) is 0 Å². The molecule has 0 aromatic carbocycles. The number of hydrogen-bond acceptors (Lipinski definition) is 8. The summed E-state index contributed by atoms with van der Waals surface area (Å²) in [5.74, 6) is -0.391. The third-order valence-electron chi connectivity index (χ3n) is 3.29. The van der Waals surface area contributed by atoms with E-state index in [0.29, 0.717) is 25.2 Å². The van der Waals surface area contributed by atoms with E-state index in [0.717, 1.165) is 10.6 Å². The summed E-state index contributed by atoms with van der Waals surface area (Å²) in [5, 5.41) is 11.2. The van der Waals surface area contributed by atoms with Crippen molar-refractivity contribution in [3.05, 3.63) is 0 Å². The number of sulfonamides is 1. The topological polar surface area (TPSA) is 137 Å². The molecule has 0 bridgehead atoms. The average Bonchev–Trinajstić information content (AvgIpc) is 2.54. The maximum Gasteiger partial charge on any atom is 0.408 e. The van der Waals surface area contributed by atoms with Gasteiger partial charge in [0.2, 0.25) is 10.0 Å². The number of aliphatic imine (C=N–C) groups is 1. The Labute approximate surface area is 171 Å². The lowest BCUT2D eigenvalue weighted by atomic mass is 10.1. The number of nitrogens with one attached hydrogen (secondary N) is 2. The molecular weight excluding hydrogens is 408 g/mol. The van der Waals surface area contributed by atoms with Gasteiger partial charge in [-0.25, -0.2) is 17.5 Å².